The van der Waals surface area contributed by atoms with Crippen molar-refractivity contribution in [2.24, 2.45) is 11.3 Å². The molecule has 2 aliphatic rings. The highest BCUT2D eigenvalue weighted by Crippen LogP contribution is 2.30. The Kier molecular flexibility index (Phi) is 4.26. The molecule has 2 heteroatoms. The van der Waals surface area contributed by atoms with Gasteiger partial charge < -0.3 is 5.32 Å². The number of nitrogens with one attached hydrogen (secondary N) is 1. The lowest BCUT2D eigenvalue weighted by molar-refractivity contribution is 0.211. The van der Waals surface area contributed by atoms with Gasteiger partial charge in [0.2, 0.25) is 0 Å². The monoisotopic (exact) mass is 236 g/mol. The van der Waals surface area contributed by atoms with Crippen molar-refractivity contribution in [3.63, 3.8) is 0 Å². The molecule has 2 rings (SSSR count). The second kappa shape index (κ2) is 5.53. The molecule has 0 atom stereocenters. The van der Waals surface area contributed by atoms with Crippen LogP contribution in [0.25, 0.3) is 0 Å². The van der Waals surface area contributed by atoms with E-state index in [1.54, 1.807) is 5.57 Å². The topological polar surface area (TPSA) is 15.3 Å². The van der Waals surface area contributed by atoms with E-state index in [1.807, 2.05) is 0 Å². The van der Waals surface area contributed by atoms with Crippen LogP contribution in [0.4, 0.5) is 0 Å². The SMILES string of the molecule is CC(C)(C)C1=CCN(CC2CCNCC2)CC1. The Morgan fingerprint density at radius 2 is 2.00 bits per heavy atom. The Labute approximate surface area is 106 Å². The predicted molar refractivity (Wildman–Crippen MR) is 74.2 cm³/mol. The summed E-state index contributed by atoms with van der Waals surface area (Å²) in [6, 6.07) is 0. The predicted octanol–water partition coefficient (Wildman–Crippen LogP) is 2.66. The van der Waals surface area contributed by atoms with Crippen LogP contribution < -0.4 is 5.32 Å². The minimum Gasteiger partial charge on any atom is -0.317 e. The second-order valence-electron chi connectivity index (χ2n) is 6.68. The summed E-state index contributed by atoms with van der Waals surface area (Å²) in [5.74, 6) is 0.931. The summed E-state index contributed by atoms with van der Waals surface area (Å²) in [6.07, 6.45) is 6.48. The van der Waals surface area contributed by atoms with Crippen LogP contribution in [0.3, 0.4) is 0 Å². The Morgan fingerprint density at radius 1 is 1.29 bits per heavy atom. The van der Waals surface area contributed by atoms with Gasteiger partial charge in [-0.25, -0.2) is 0 Å². The zero-order valence-electron chi connectivity index (χ0n) is 11.8. The molecular formula is C15H28N2. The maximum Gasteiger partial charge on any atom is 0.0166 e. The van der Waals surface area contributed by atoms with E-state index in [9.17, 15) is 0 Å². The number of nitrogens with zero attached hydrogens (tertiary/aromatic N) is 1. The molecule has 1 saturated heterocycles. The molecule has 98 valence electrons. The molecule has 0 spiro atoms. The van der Waals surface area contributed by atoms with Gasteiger partial charge in [0.1, 0.15) is 0 Å². The Bertz CT molecular complexity index is 269. The number of piperidine rings is 1. The van der Waals surface area contributed by atoms with Crippen LogP contribution in [0.5, 0.6) is 0 Å². The Balaban J connectivity index is 1.80. The lowest BCUT2D eigenvalue weighted by Gasteiger charge is -2.35. The van der Waals surface area contributed by atoms with Crippen molar-refractivity contribution in [3.05, 3.63) is 11.6 Å². The summed E-state index contributed by atoms with van der Waals surface area (Å²) in [6.45, 7) is 13.2. The highest BCUT2D eigenvalue weighted by Gasteiger charge is 2.23. The summed E-state index contributed by atoms with van der Waals surface area (Å²) in [5, 5.41) is 3.45. The van der Waals surface area contributed by atoms with Gasteiger partial charge in [0.15, 0.2) is 0 Å². The van der Waals surface area contributed by atoms with Gasteiger partial charge in [0.05, 0.1) is 0 Å². The van der Waals surface area contributed by atoms with Crippen LogP contribution in [0, 0.1) is 11.3 Å². The van der Waals surface area contributed by atoms with E-state index in [4.69, 9.17) is 0 Å². The molecule has 0 radical (unpaired) electrons. The van der Waals surface area contributed by atoms with Crippen LogP contribution in [-0.2, 0) is 0 Å². The van der Waals surface area contributed by atoms with Crippen molar-refractivity contribution in [2.75, 3.05) is 32.7 Å². The fraction of sp³-hybridized carbons (Fsp3) is 0.867. The molecule has 0 aromatic rings. The molecule has 0 unspecified atom stereocenters. The third kappa shape index (κ3) is 3.82. The normalized spacial score (nSPS) is 24.8. The summed E-state index contributed by atoms with van der Waals surface area (Å²) in [5.41, 5.74) is 2.03. The van der Waals surface area contributed by atoms with Gasteiger partial charge in [-0.15, -0.1) is 0 Å². The van der Waals surface area contributed by atoms with Gasteiger partial charge in [0.25, 0.3) is 0 Å². The van der Waals surface area contributed by atoms with Crippen LogP contribution >= 0.6 is 0 Å². The quantitative estimate of drug-likeness (QED) is 0.742. The molecule has 0 saturated carbocycles. The molecule has 1 N–H and O–H groups in total. The van der Waals surface area contributed by atoms with E-state index < -0.39 is 0 Å². The van der Waals surface area contributed by atoms with Gasteiger partial charge in [-0.1, -0.05) is 32.4 Å². The highest BCUT2D eigenvalue weighted by molar-refractivity contribution is 5.14. The average molecular weight is 236 g/mol. The van der Waals surface area contributed by atoms with Crippen LogP contribution in [0.2, 0.25) is 0 Å². The summed E-state index contributed by atoms with van der Waals surface area (Å²) in [4.78, 5) is 2.64. The van der Waals surface area contributed by atoms with Crippen LogP contribution in [-0.4, -0.2) is 37.6 Å². The van der Waals surface area contributed by atoms with Gasteiger partial charge in [-0.05, 0) is 43.7 Å². The molecule has 0 aromatic carbocycles. The molecule has 0 bridgehead atoms. The molecule has 2 heterocycles. The summed E-state index contributed by atoms with van der Waals surface area (Å²) in [7, 11) is 0. The second-order valence-corrected chi connectivity index (χ2v) is 6.68. The fourth-order valence-electron chi connectivity index (χ4n) is 2.99. The van der Waals surface area contributed by atoms with Crippen molar-refractivity contribution in [2.45, 2.75) is 40.0 Å². The fourth-order valence-corrected chi connectivity index (χ4v) is 2.99. The van der Waals surface area contributed by atoms with Crippen molar-refractivity contribution in [1.82, 2.24) is 10.2 Å². The van der Waals surface area contributed by atoms with Crippen molar-refractivity contribution in [1.29, 1.82) is 0 Å². The largest absolute Gasteiger partial charge is 0.317 e. The lowest BCUT2D eigenvalue weighted by atomic mass is 9.82. The van der Waals surface area contributed by atoms with E-state index in [0.29, 0.717) is 5.41 Å². The van der Waals surface area contributed by atoms with Crippen LogP contribution in [0.1, 0.15) is 40.0 Å². The first-order valence-corrected chi connectivity index (χ1v) is 7.18. The number of rotatable bonds is 2. The molecule has 0 aliphatic carbocycles. The minimum absolute atomic E-state index is 0.376. The van der Waals surface area contributed by atoms with E-state index in [-0.39, 0.29) is 0 Å². The first-order chi connectivity index (χ1) is 8.05. The zero-order chi connectivity index (χ0) is 12.3. The molecule has 2 aliphatic heterocycles. The molecule has 1 fully saturated rings. The van der Waals surface area contributed by atoms with Crippen molar-refractivity contribution in [3.8, 4) is 0 Å². The number of hydrogen-bond donors (Lipinski definition) is 1. The van der Waals surface area contributed by atoms with Gasteiger partial charge in [0, 0.05) is 19.6 Å². The highest BCUT2D eigenvalue weighted by atomic mass is 15.1. The van der Waals surface area contributed by atoms with E-state index in [1.165, 1.54) is 52.0 Å². The minimum atomic E-state index is 0.376. The first-order valence-electron chi connectivity index (χ1n) is 7.18. The van der Waals surface area contributed by atoms with E-state index >= 15 is 0 Å². The van der Waals surface area contributed by atoms with Crippen molar-refractivity contribution < 1.29 is 0 Å². The maximum atomic E-state index is 3.45. The van der Waals surface area contributed by atoms with Crippen LogP contribution in [0.15, 0.2) is 11.6 Å². The third-order valence-corrected chi connectivity index (χ3v) is 4.23. The molecule has 2 nitrogen and oxygen atoms in total. The van der Waals surface area contributed by atoms with Crippen molar-refractivity contribution >= 4 is 0 Å². The third-order valence-electron chi connectivity index (χ3n) is 4.23. The maximum absolute atomic E-state index is 3.45. The molecular weight excluding hydrogens is 208 g/mol. The van der Waals surface area contributed by atoms with Gasteiger partial charge >= 0.3 is 0 Å². The molecule has 0 amide bonds. The van der Waals surface area contributed by atoms with Gasteiger partial charge in [-0.2, -0.15) is 0 Å². The lowest BCUT2D eigenvalue weighted by Crippen LogP contribution is -2.38. The smallest absolute Gasteiger partial charge is 0.0166 e. The zero-order valence-corrected chi connectivity index (χ0v) is 11.8. The Hall–Kier alpha value is -0.340. The number of hydrogen-bond acceptors (Lipinski definition) is 2. The molecule has 17 heavy (non-hydrogen) atoms. The van der Waals surface area contributed by atoms with Gasteiger partial charge in [-0.3, -0.25) is 4.90 Å². The van der Waals surface area contributed by atoms with E-state index in [0.717, 1.165) is 5.92 Å². The summed E-state index contributed by atoms with van der Waals surface area (Å²) < 4.78 is 0. The standard InChI is InChI=1S/C15H28N2/c1-15(2,3)14-6-10-17(11-7-14)12-13-4-8-16-9-5-13/h6,13,16H,4-5,7-12H2,1-3H3. The van der Waals surface area contributed by atoms with E-state index in [2.05, 4.69) is 37.1 Å². The molecule has 0 aromatic heterocycles. The average Bonchev–Trinajstić information content (AvgIpc) is 2.30. The Morgan fingerprint density at radius 3 is 2.53 bits per heavy atom. The first kappa shape index (κ1) is 13.1. The summed E-state index contributed by atoms with van der Waals surface area (Å²) >= 11 is 0.